The van der Waals surface area contributed by atoms with Crippen LogP contribution in [0.2, 0.25) is 0 Å². The van der Waals surface area contributed by atoms with E-state index in [0.717, 1.165) is 0 Å². The minimum atomic E-state index is -1.31. The van der Waals surface area contributed by atoms with Gasteiger partial charge >= 0.3 is 0 Å². The van der Waals surface area contributed by atoms with Gasteiger partial charge in [-0.3, -0.25) is 4.79 Å². The van der Waals surface area contributed by atoms with Crippen molar-refractivity contribution >= 4 is 27.5 Å². The van der Waals surface area contributed by atoms with Crippen LogP contribution in [0.25, 0.3) is 0 Å². The predicted octanol–water partition coefficient (Wildman–Crippen LogP) is 3.94. The van der Waals surface area contributed by atoms with Crippen molar-refractivity contribution in [1.29, 1.82) is 0 Å². The first kappa shape index (κ1) is 14.6. The lowest BCUT2D eigenvalue weighted by Crippen LogP contribution is -2.17. The van der Waals surface area contributed by atoms with Crippen LogP contribution >= 0.6 is 15.9 Å². The lowest BCUT2D eigenvalue weighted by molar-refractivity contribution is 0.101. The number of anilines is 1. The van der Waals surface area contributed by atoms with Crippen molar-refractivity contribution in [1.82, 2.24) is 4.57 Å². The summed E-state index contributed by atoms with van der Waals surface area (Å²) in [5.41, 5.74) is -0.127. The molecule has 0 fully saturated rings. The van der Waals surface area contributed by atoms with E-state index in [9.17, 15) is 18.0 Å². The molecule has 1 aromatic heterocycles. The fourth-order valence-corrected chi connectivity index (χ4v) is 2.20. The zero-order valence-corrected chi connectivity index (χ0v) is 12.0. The highest BCUT2D eigenvalue weighted by molar-refractivity contribution is 9.10. The molecule has 2 rings (SSSR count). The van der Waals surface area contributed by atoms with Crippen molar-refractivity contribution in [3.05, 3.63) is 52.0 Å². The Morgan fingerprint density at radius 3 is 2.50 bits per heavy atom. The van der Waals surface area contributed by atoms with Crippen LogP contribution in [0.4, 0.5) is 18.9 Å². The smallest absolute Gasteiger partial charge is 0.272 e. The average Bonchev–Trinajstić information content (AvgIpc) is 2.77. The van der Waals surface area contributed by atoms with Gasteiger partial charge in [0.05, 0.1) is 5.69 Å². The summed E-state index contributed by atoms with van der Waals surface area (Å²) in [7, 11) is 0. The molecule has 0 saturated heterocycles. The van der Waals surface area contributed by atoms with Gasteiger partial charge in [-0.1, -0.05) is 0 Å². The Balaban J connectivity index is 2.30. The summed E-state index contributed by atoms with van der Waals surface area (Å²) in [6.07, 6.45) is 1.69. The molecule has 0 saturated carbocycles. The number of carbonyl (C=O) groups excluding carboxylic acids is 1. The zero-order chi connectivity index (χ0) is 14.9. The standard InChI is InChI=1S/C13H10BrF3N2O/c1-2-19-6-7(14)3-12(19)13(20)18-11-5-9(16)8(15)4-10(11)17/h3-6H,2H2,1H3,(H,18,20). The molecule has 1 amide bonds. The molecule has 3 nitrogen and oxygen atoms in total. The molecule has 0 bridgehead atoms. The maximum absolute atomic E-state index is 13.5. The van der Waals surface area contributed by atoms with Gasteiger partial charge in [-0.05, 0) is 28.9 Å². The Labute approximate surface area is 121 Å². The van der Waals surface area contributed by atoms with E-state index in [4.69, 9.17) is 0 Å². The highest BCUT2D eigenvalue weighted by atomic mass is 79.9. The van der Waals surface area contributed by atoms with E-state index >= 15 is 0 Å². The fraction of sp³-hybridized carbons (Fsp3) is 0.154. The number of halogens is 4. The van der Waals surface area contributed by atoms with Gasteiger partial charge in [-0.15, -0.1) is 0 Å². The molecule has 0 radical (unpaired) electrons. The molecule has 0 aliphatic rings. The van der Waals surface area contributed by atoms with Crippen LogP contribution in [0.5, 0.6) is 0 Å². The van der Waals surface area contributed by atoms with Gasteiger partial charge in [0.2, 0.25) is 0 Å². The maximum atomic E-state index is 13.5. The Bertz CT molecular complexity index is 670. The largest absolute Gasteiger partial charge is 0.343 e. The number of carbonyl (C=O) groups is 1. The van der Waals surface area contributed by atoms with Crippen LogP contribution in [-0.2, 0) is 6.54 Å². The number of rotatable bonds is 3. The SMILES string of the molecule is CCn1cc(Br)cc1C(=O)Nc1cc(F)c(F)cc1F. The van der Waals surface area contributed by atoms with E-state index in [0.29, 0.717) is 23.2 Å². The Kier molecular flexibility index (Phi) is 4.17. The van der Waals surface area contributed by atoms with E-state index < -0.39 is 29.0 Å². The molecule has 2 aromatic rings. The Hall–Kier alpha value is -1.76. The lowest BCUT2D eigenvalue weighted by atomic mass is 10.2. The van der Waals surface area contributed by atoms with Crippen LogP contribution in [-0.4, -0.2) is 10.5 Å². The number of nitrogens with one attached hydrogen (secondary N) is 1. The van der Waals surface area contributed by atoms with E-state index in [1.54, 1.807) is 16.8 Å². The van der Waals surface area contributed by atoms with Crippen molar-refractivity contribution < 1.29 is 18.0 Å². The van der Waals surface area contributed by atoms with Gasteiger partial charge in [0.25, 0.3) is 5.91 Å². The molecule has 1 heterocycles. The van der Waals surface area contributed by atoms with Crippen LogP contribution < -0.4 is 5.32 Å². The second-order valence-corrected chi connectivity index (χ2v) is 4.95. The third kappa shape index (κ3) is 2.87. The number of aryl methyl sites for hydroxylation is 1. The maximum Gasteiger partial charge on any atom is 0.272 e. The van der Waals surface area contributed by atoms with Gasteiger partial charge in [0.15, 0.2) is 11.6 Å². The van der Waals surface area contributed by atoms with Crippen molar-refractivity contribution in [2.75, 3.05) is 5.32 Å². The summed E-state index contributed by atoms with van der Waals surface area (Å²) in [4.78, 5) is 12.0. The summed E-state index contributed by atoms with van der Waals surface area (Å²) in [6.45, 7) is 2.37. The molecule has 20 heavy (non-hydrogen) atoms. The molecule has 1 aromatic carbocycles. The molecule has 0 aliphatic heterocycles. The Morgan fingerprint density at radius 2 is 1.85 bits per heavy atom. The molecular weight excluding hydrogens is 337 g/mol. The molecule has 0 spiro atoms. The number of amides is 1. The summed E-state index contributed by atoms with van der Waals surface area (Å²) in [6, 6.07) is 2.55. The highest BCUT2D eigenvalue weighted by Gasteiger charge is 2.16. The van der Waals surface area contributed by atoms with E-state index in [1.165, 1.54) is 0 Å². The molecule has 0 unspecified atom stereocenters. The first-order valence-electron chi connectivity index (χ1n) is 5.74. The van der Waals surface area contributed by atoms with E-state index in [2.05, 4.69) is 21.2 Å². The highest BCUT2D eigenvalue weighted by Crippen LogP contribution is 2.21. The first-order chi connectivity index (χ1) is 9.42. The Morgan fingerprint density at radius 1 is 1.20 bits per heavy atom. The molecule has 7 heteroatoms. The predicted molar refractivity (Wildman–Crippen MR) is 72.1 cm³/mol. The van der Waals surface area contributed by atoms with Crippen molar-refractivity contribution in [3.63, 3.8) is 0 Å². The monoisotopic (exact) mass is 346 g/mol. The van der Waals surface area contributed by atoms with Crippen molar-refractivity contribution in [3.8, 4) is 0 Å². The molecule has 0 atom stereocenters. The summed E-state index contributed by atoms with van der Waals surface area (Å²) in [5.74, 6) is -4.18. The molecular formula is C13H10BrF3N2O. The summed E-state index contributed by atoms with van der Waals surface area (Å²) < 4.78 is 41.6. The first-order valence-corrected chi connectivity index (χ1v) is 6.53. The third-order valence-electron chi connectivity index (χ3n) is 2.69. The van der Waals surface area contributed by atoms with E-state index in [1.807, 2.05) is 6.92 Å². The van der Waals surface area contributed by atoms with Crippen LogP contribution in [0.3, 0.4) is 0 Å². The minimum absolute atomic E-state index is 0.281. The number of aromatic nitrogens is 1. The third-order valence-corrected chi connectivity index (χ3v) is 3.13. The van der Waals surface area contributed by atoms with Gasteiger partial charge < -0.3 is 9.88 Å². The quantitative estimate of drug-likeness (QED) is 0.839. The van der Waals surface area contributed by atoms with Gasteiger partial charge in [-0.2, -0.15) is 0 Å². The van der Waals surface area contributed by atoms with E-state index in [-0.39, 0.29) is 5.69 Å². The van der Waals surface area contributed by atoms with Crippen molar-refractivity contribution in [2.24, 2.45) is 0 Å². The van der Waals surface area contributed by atoms with Gasteiger partial charge in [-0.25, -0.2) is 13.2 Å². The molecule has 0 aliphatic carbocycles. The van der Waals surface area contributed by atoms with Crippen LogP contribution in [0.1, 0.15) is 17.4 Å². The fourth-order valence-electron chi connectivity index (χ4n) is 1.73. The van der Waals surface area contributed by atoms with Crippen LogP contribution in [0, 0.1) is 17.5 Å². The normalized spacial score (nSPS) is 10.7. The molecule has 1 N–H and O–H groups in total. The lowest BCUT2D eigenvalue weighted by Gasteiger charge is -2.09. The van der Waals surface area contributed by atoms with Crippen molar-refractivity contribution in [2.45, 2.75) is 13.5 Å². The number of benzene rings is 1. The topological polar surface area (TPSA) is 34.0 Å². The number of hydrogen-bond acceptors (Lipinski definition) is 1. The second kappa shape index (κ2) is 5.70. The minimum Gasteiger partial charge on any atom is -0.343 e. The zero-order valence-electron chi connectivity index (χ0n) is 10.4. The summed E-state index contributed by atoms with van der Waals surface area (Å²) >= 11 is 3.23. The number of nitrogens with zero attached hydrogens (tertiary/aromatic N) is 1. The van der Waals surface area contributed by atoms with Gasteiger partial charge in [0.1, 0.15) is 11.5 Å². The summed E-state index contributed by atoms with van der Waals surface area (Å²) in [5, 5.41) is 2.22. The van der Waals surface area contributed by atoms with Gasteiger partial charge in [0, 0.05) is 29.3 Å². The second-order valence-electron chi connectivity index (χ2n) is 4.03. The van der Waals surface area contributed by atoms with Crippen LogP contribution in [0.15, 0.2) is 28.9 Å². The molecule has 106 valence electrons. The average molecular weight is 347 g/mol. The number of hydrogen-bond donors (Lipinski definition) is 1.